The molecule has 0 amide bonds. The molecule has 0 nitrogen and oxygen atoms in total. The summed E-state index contributed by atoms with van der Waals surface area (Å²) in [4.78, 5) is 0. The van der Waals surface area contributed by atoms with E-state index in [-0.39, 0.29) is 0 Å². The second-order valence-corrected chi connectivity index (χ2v) is 4.39. The Morgan fingerprint density at radius 2 is 1.92 bits per heavy atom. The summed E-state index contributed by atoms with van der Waals surface area (Å²) in [5.41, 5.74) is 1.33. The zero-order valence-electron chi connectivity index (χ0n) is 6.93. The molecule has 0 aromatic heterocycles. The van der Waals surface area contributed by atoms with Gasteiger partial charge in [0, 0.05) is 9.80 Å². The molecule has 66 valence electrons. The molecule has 0 aliphatic rings. The number of fused-ring (bicyclic) bond motifs is 1. The number of hydrogen-bond donors (Lipinski definition) is 0. The maximum absolute atomic E-state index is 3.49. The Labute approximate surface area is 94.2 Å². The molecule has 2 rings (SSSR count). The third-order valence-corrected chi connectivity index (χ3v) is 3.18. The summed E-state index contributed by atoms with van der Waals surface area (Å²) in [5, 5.41) is 3.51. The average molecular weight is 300 g/mol. The third-order valence-electron chi connectivity index (χ3n) is 2.08. The molecular weight excluding hydrogens is 292 g/mol. The van der Waals surface area contributed by atoms with E-state index in [1.807, 2.05) is 0 Å². The van der Waals surface area contributed by atoms with Crippen LogP contribution in [-0.4, -0.2) is 0 Å². The first-order valence-corrected chi connectivity index (χ1v) is 5.96. The Bertz CT molecular complexity index is 435. The Morgan fingerprint density at radius 3 is 2.69 bits per heavy atom. The van der Waals surface area contributed by atoms with Gasteiger partial charge in [0.15, 0.2) is 0 Å². The fourth-order valence-electron chi connectivity index (χ4n) is 1.43. The van der Waals surface area contributed by atoms with E-state index in [0.717, 1.165) is 9.80 Å². The number of alkyl halides is 1. The Balaban J connectivity index is 2.79. The van der Waals surface area contributed by atoms with E-state index in [9.17, 15) is 0 Å². The van der Waals surface area contributed by atoms with Gasteiger partial charge in [0.1, 0.15) is 0 Å². The van der Waals surface area contributed by atoms with Gasteiger partial charge in [-0.15, -0.1) is 0 Å². The summed E-state index contributed by atoms with van der Waals surface area (Å²) in [6.45, 7) is 0. The van der Waals surface area contributed by atoms with Crippen LogP contribution in [0.4, 0.5) is 0 Å². The van der Waals surface area contributed by atoms with E-state index >= 15 is 0 Å². The molecule has 0 aliphatic carbocycles. The molecule has 0 saturated heterocycles. The van der Waals surface area contributed by atoms with Crippen molar-refractivity contribution in [3.05, 3.63) is 46.4 Å². The van der Waals surface area contributed by atoms with Gasteiger partial charge in [-0.25, -0.2) is 0 Å². The first kappa shape index (κ1) is 9.22. The summed E-state index contributed by atoms with van der Waals surface area (Å²) in [6.07, 6.45) is 0. The molecule has 13 heavy (non-hydrogen) atoms. The molecule has 0 unspecified atom stereocenters. The van der Waals surface area contributed by atoms with E-state index in [0.29, 0.717) is 0 Å². The van der Waals surface area contributed by atoms with Crippen LogP contribution in [0.15, 0.2) is 40.9 Å². The van der Waals surface area contributed by atoms with Gasteiger partial charge < -0.3 is 0 Å². The molecule has 2 aromatic rings. The fourth-order valence-corrected chi connectivity index (χ4v) is 2.28. The van der Waals surface area contributed by atoms with Crippen molar-refractivity contribution in [2.24, 2.45) is 0 Å². The van der Waals surface area contributed by atoms with Crippen LogP contribution in [0.3, 0.4) is 0 Å². The third kappa shape index (κ3) is 1.79. The van der Waals surface area contributed by atoms with Crippen molar-refractivity contribution >= 4 is 42.6 Å². The molecule has 0 bridgehead atoms. The van der Waals surface area contributed by atoms with E-state index < -0.39 is 0 Å². The summed E-state index contributed by atoms with van der Waals surface area (Å²) in [7, 11) is 0. The first-order valence-electron chi connectivity index (χ1n) is 4.04. The smallest absolute Gasteiger partial charge is 0.0289 e. The molecule has 0 fully saturated rings. The number of rotatable bonds is 1. The van der Waals surface area contributed by atoms with Crippen LogP contribution in [0, 0.1) is 0 Å². The second-order valence-electron chi connectivity index (χ2n) is 2.92. The van der Waals surface area contributed by atoms with Gasteiger partial charge in [0.2, 0.25) is 0 Å². The van der Waals surface area contributed by atoms with Crippen molar-refractivity contribution in [1.82, 2.24) is 0 Å². The minimum absolute atomic E-state index is 0.904. The molecule has 0 heterocycles. The van der Waals surface area contributed by atoms with E-state index in [2.05, 4.69) is 68.3 Å². The number of hydrogen-bond acceptors (Lipinski definition) is 0. The Hall–Kier alpha value is -0.340. The van der Waals surface area contributed by atoms with Gasteiger partial charge in [-0.3, -0.25) is 0 Å². The van der Waals surface area contributed by atoms with Crippen LogP contribution in [0.25, 0.3) is 10.8 Å². The van der Waals surface area contributed by atoms with Crippen molar-refractivity contribution in [1.29, 1.82) is 0 Å². The van der Waals surface area contributed by atoms with Gasteiger partial charge in [0.25, 0.3) is 0 Å². The van der Waals surface area contributed by atoms with Crippen LogP contribution in [0.5, 0.6) is 0 Å². The number of benzene rings is 2. The van der Waals surface area contributed by atoms with Crippen molar-refractivity contribution < 1.29 is 0 Å². The van der Waals surface area contributed by atoms with Gasteiger partial charge >= 0.3 is 0 Å². The molecular formula is C11H8Br2. The molecule has 0 spiro atoms. The molecule has 2 heteroatoms. The lowest BCUT2D eigenvalue weighted by Crippen LogP contribution is -1.80. The lowest BCUT2D eigenvalue weighted by molar-refractivity contribution is 1.49. The van der Waals surface area contributed by atoms with Gasteiger partial charge in [0.05, 0.1) is 0 Å². The highest BCUT2D eigenvalue weighted by Crippen LogP contribution is 2.24. The quantitative estimate of drug-likeness (QED) is 0.680. The lowest BCUT2D eigenvalue weighted by atomic mass is 10.1. The monoisotopic (exact) mass is 298 g/mol. The van der Waals surface area contributed by atoms with Crippen LogP contribution in [0.2, 0.25) is 0 Å². The number of halogens is 2. The predicted octanol–water partition coefficient (Wildman–Crippen LogP) is 4.50. The largest absolute Gasteiger partial charge is 0.0876 e. The van der Waals surface area contributed by atoms with Gasteiger partial charge in [-0.05, 0) is 28.5 Å². The second kappa shape index (κ2) is 3.81. The Morgan fingerprint density at radius 1 is 1.08 bits per heavy atom. The van der Waals surface area contributed by atoms with E-state index in [1.165, 1.54) is 16.3 Å². The van der Waals surface area contributed by atoms with Gasteiger partial charge in [-0.2, -0.15) is 0 Å². The van der Waals surface area contributed by atoms with Crippen molar-refractivity contribution in [3.63, 3.8) is 0 Å². The first-order chi connectivity index (χ1) is 6.31. The molecule has 0 N–H and O–H groups in total. The fraction of sp³-hybridized carbons (Fsp3) is 0.0909. The van der Waals surface area contributed by atoms with Gasteiger partial charge in [-0.1, -0.05) is 56.1 Å². The maximum atomic E-state index is 3.49. The minimum Gasteiger partial charge on any atom is -0.0876 e. The normalized spacial score (nSPS) is 10.6. The predicted molar refractivity (Wildman–Crippen MR) is 64.3 cm³/mol. The molecule has 0 aliphatic heterocycles. The van der Waals surface area contributed by atoms with E-state index in [4.69, 9.17) is 0 Å². The SMILES string of the molecule is BrCc1cccc2ccc(Br)cc12. The molecule has 0 saturated carbocycles. The zero-order valence-corrected chi connectivity index (χ0v) is 10.1. The van der Waals surface area contributed by atoms with E-state index in [1.54, 1.807) is 0 Å². The average Bonchev–Trinajstić information content (AvgIpc) is 2.17. The van der Waals surface area contributed by atoms with Crippen LogP contribution >= 0.6 is 31.9 Å². The summed E-state index contributed by atoms with van der Waals surface area (Å²) < 4.78 is 1.13. The summed E-state index contributed by atoms with van der Waals surface area (Å²) in [6, 6.07) is 12.7. The van der Waals surface area contributed by atoms with Crippen molar-refractivity contribution in [3.8, 4) is 0 Å². The highest BCUT2D eigenvalue weighted by atomic mass is 79.9. The minimum atomic E-state index is 0.904. The highest BCUT2D eigenvalue weighted by Gasteiger charge is 1.99. The summed E-state index contributed by atoms with van der Waals surface area (Å²) >= 11 is 6.97. The molecule has 2 aromatic carbocycles. The van der Waals surface area contributed by atoms with Crippen LogP contribution in [0.1, 0.15) is 5.56 Å². The lowest BCUT2D eigenvalue weighted by Gasteiger charge is -2.03. The van der Waals surface area contributed by atoms with Crippen LogP contribution in [-0.2, 0) is 5.33 Å². The highest BCUT2D eigenvalue weighted by molar-refractivity contribution is 9.10. The topological polar surface area (TPSA) is 0 Å². The zero-order chi connectivity index (χ0) is 9.26. The van der Waals surface area contributed by atoms with Crippen molar-refractivity contribution in [2.45, 2.75) is 5.33 Å². The van der Waals surface area contributed by atoms with Crippen molar-refractivity contribution in [2.75, 3.05) is 0 Å². The van der Waals surface area contributed by atoms with Crippen LogP contribution < -0.4 is 0 Å². The standard InChI is InChI=1S/C11H8Br2/c12-7-9-3-1-2-8-4-5-10(13)6-11(8)9/h1-6H,7H2. The Kier molecular flexibility index (Phi) is 2.70. The molecule has 0 atom stereocenters. The maximum Gasteiger partial charge on any atom is 0.0289 e. The molecule has 0 radical (unpaired) electrons. The summed E-state index contributed by atoms with van der Waals surface area (Å²) in [5.74, 6) is 0.